The van der Waals surface area contributed by atoms with Crippen LogP contribution < -0.4 is 0 Å². The van der Waals surface area contributed by atoms with Crippen LogP contribution in [-0.4, -0.2) is 27.7 Å². The smallest absolute Gasteiger partial charge is 0.160 e. The molecule has 0 bridgehead atoms. The molecule has 0 aromatic heterocycles. The van der Waals surface area contributed by atoms with Crippen LogP contribution in [0.25, 0.3) is 0 Å². The fourth-order valence-corrected chi connectivity index (χ4v) is 7.97. The minimum atomic E-state index is -1.08. The molecule has 4 rings (SSSR count). The first-order chi connectivity index (χ1) is 15.0. The van der Waals surface area contributed by atoms with Crippen LogP contribution >= 0.6 is 0 Å². The van der Waals surface area contributed by atoms with Crippen LogP contribution in [0.15, 0.2) is 0 Å². The molecule has 2 N–H and O–H groups in total. The van der Waals surface area contributed by atoms with Gasteiger partial charge in [-0.15, -0.1) is 12.8 Å². The van der Waals surface area contributed by atoms with Crippen LogP contribution in [0.2, 0.25) is 0 Å². The molecular formula is C29H54O3. The van der Waals surface area contributed by atoms with E-state index in [0.717, 1.165) is 31.6 Å². The summed E-state index contributed by atoms with van der Waals surface area (Å²) >= 11 is 0. The van der Waals surface area contributed by atoms with Crippen molar-refractivity contribution in [3.63, 3.8) is 0 Å². The standard InChI is InChI=1S/C23H40O3.2C2H6.C2H2/c1-20(2,24)26-18-14-15-8-6-7-11-21(15,3)16-9-12-22(4)17(19(16)18)10-13-23(22,5)25;3*1-2/h15-19,24-25H,6-14H2,1-5H3;2*1-2H3;1-2H/t15?,16?,17?,18?,19?,21?,22?,23-;;;/m0.../s1. The third-order valence-corrected chi connectivity index (χ3v) is 9.58. The Bertz CT molecular complexity index is 589. The molecule has 4 aliphatic rings. The van der Waals surface area contributed by atoms with Gasteiger partial charge in [-0.1, -0.05) is 54.4 Å². The molecule has 32 heavy (non-hydrogen) atoms. The zero-order valence-corrected chi connectivity index (χ0v) is 22.7. The molecule has 4 aliphatic carbocycles. The van der Waals surface area contributed by atoms with Crippen molar-refractivity contribution in [3.8, 4) is 12.8 Å². The Hall–Kier alpha value is -0.560. The summed E-state index contributed by atoms with van der Waals surface area (Å²) in [6.45, 7) is 18.5. The van der Waals surface area contributed by atoms with Gasteiger partial charge in [0.05, 0.1) is 11.7 Å². The van der Waals surface area contributed by atoms with Crippen molar-refractivity contribution in [3.05, 3.63) is 0 Å². The van der Waals surface area contributed by atoms with E-state index in [4.69, 9.17) is 4.74 Å². The molecule has 0 spiro atoms. The van der Waals surface area contributed by atoms with E-state index in [-0.39, 0.29) is 11.5 Å². The highest BCUT2D eigenvalue weighted by Gasteiger charge is 2.65. The monoisotopic (exact) mass is 450 g/mol. The Morgan fingerprint density at radius 1 is 0.844 bits per heavy atom. The summed E-state index contributed by atoms with van der Waals surface area (Å²) in [4.78, 5) is 0. The molecule has 0 radical (unpaired) electrons. The van der Waals surface area contributed by atoms with Gasteiger partial charge in [-0.25, -0.2) is 0 Å². The van der Waals surface area contributed by atoms with Gasteiger partial charge < -0.3 is 14.9 Å². The lowest BCUT2D eigenvalue weighted by atomic mass is 9.44. The van der Waals surface area contributed by atoms with E-state index in [1.807, 2.05) is 27.7 Å². The van der Waals surface area contributed by atoms with Gasteiger partial charge in [-0.3, -0.25) is 0 Å². The largest absolute Gasteiger partial charge is 0.390 e. The quantitative estimate of drug-likeness (QED) is 0.345. The first kappa shape index (κ1) is 29.5. The maximum Gasteiger partial charge on any atom is 0.160 e. The van der Waals surface area contributed by atoms with E-state index in [0.29, 0.717) is 23.2 Å². The van der Waals surface area contributed by atoms with Crippen molar-refractivity contribution in [1.82, 2.24) is 0 Å². The summed E-state index contributed by atoms with van der Waals surface area (Å²) in [5.41, 5.74) is -0.141. The SMILES string of the molecule is C#C.CC.CC.CC(C)(O)OC1CC2CCCCC2(C)C2CCC3(C)C(CC[C@]3(C)O)C12. The fourth-order valence-electron chi connectivity index (χ4n) is 7.97. The van der Waals surface area contributed by atoms with Crippen LogP contribution in [0, 0.1) is 47.3 Å². The van der Waals surface area contributed by atoms with Gasteiger partial charge in [-0.05, 0) is 100 Å². The fraction of sp³-hybridized carbons (Fsp3) is 0.931. The van der Waals surface area contributed by atoms with Gasteiger partial charge in [0.25, 0.3) is 0 Å². The molecule has 4 saturated carbocycles. The van der Waals surface area contributed by atoms with Crippen molar-refractivity contribution in [2.75, 3.05) is 0 Å². The number of fused-ring (bicyclic) bond motifs is 5. The van der Waals surface area contributed by atoms with Crippen molar-refractivity contribution in [2.24, 2.45) is 34.5 Å². The van der Waals surface area contributed by atoms with Crippen LogP contribution in [0.1, 0.15) is 120 Å². The van der Waals surface area contributed by atoms with Crippen LogP contribution in [-0.2, 0) is 4.74 Å². The molecule has 188 valence electrons. The molecule has 0 aliphatic heterocycles. The van der Waals surface area contributed by atoms with Gasteiger partial charge in [0.2, 0.25) is 0 Å². The molecule has 0 aromatic carbocycles. The highest BCUT2D eigenvalue weighted by atomic mass is 16.6. The Balaban J connectivity index is 0.000000789. The van der Waals surface area contributed by atoms with E-state index < -0.39 is 11.4 Å². The molecule has 4 fully saturated rings. The number of hydrogen-bond donors (Lipinski definition) is 2. The molecule has 3 nitrogen and oxygen atoms in total. The van der Waals surface area contributed by atoms with Crippen LogP contribution in [0.3, 0.4) is 0 Å². The van der Waals surface area contributed by atoms with Crippen molar-refractivity contribution < 1.29 is 14.9 Å². The normalized spacial score (nSPS) is 44.6. The summed E-state index contributed by atoms with van der Waals surface area (Å²) in [6, 6.07) is 0. The van der Waals surface area contributed by atoms with Crippen LogP contribution in [0.4, 0.5) is 0 Å². The first-order valence-corrected chi connectivity index (χ1v) is 13.4. The van der Waals surface area contributed by atoms with Gasteiger partial charge >= 0.3 is 0 Å². The molecular weight excluding hydrogens is 396 g/mol. The third kappa shape index (κ3) is 5.24. The second-order valence-electron chi connectivity index (χ2n) is 11.3. The van der Waals surface area contributed by atoms with E-state index in [9.17, 15) is 10.2 Å². The Labute approximate surface area is 200 Å². The number of ether oxygens (including phenoxy) is 1. The first-order valence-electron chi connectivity index (χ1n) is 13.4. The number of hydrogen-bond acceptors (Lipinski definition) is 3. The second-order valence-corrected chi connectivity index (χ2v) is 11.3. The zero-order chi connectivity index (χ0) is 25.0. The van der Waals surface area contributed by atoms with E-state index in [2.05, 4.69) is 33.6 Å². The summed E-state index contributed by atoms with van der Waals surface area (Å²) in [5.74, 6) is 1.33. The van der Waals surface area contributed by atoms with E-state index in [1.54, 1.807) is 13.8 Å². The second kappa shape index (κ2) is 11.2. The van der Waals surface area contributed by atoms with Crippen molar-refractivity contribution in [1.29, 1.82) is 0 Å². The maximum atomic E-state index is 11.2. The van der Waals surface area contributed by atoms with E-state index in [1.165, 1.54) is 32.1 Å². The minimum Gasteiger partial charge on any atom is -0.390 e. The minimum absolute atomic E-state index is 0.00671. The molecule has 0 amide bonds. The summed E-state index contributed by atoms with van der Waals surface area (Å²) < 4.78 is 6.34. The molecule has 8 atom stereocenters. The lowest BCUT2D eigenvalue weighted by molar-refractivity contribution is -0.267. The number of rotatable bonds is 2. The predicted molar refractivity (Wildman–Crippen MR) is 136 cm³/mol. The van der Waals surface area contributed by atoms with Crippen molar-refractivity contribution in [2.45, 2.75) is 138 Å². The highest BCUT2D eigenvalue weighted by Crippen LogP contribution is 2.68. The van der Waals surface area contributed by atoms with Crippen molar-refractivity contribution >= 4 is 0 Å². The summed E-state index contributed by atoms with van der Waals surface area (Å²) in [5, 5.41) is 21.6. The average molecular weight is 451 g/mol. The Kier molecular flexibility index (Phi) is 10.4. The molecule has 3 heteroatoms. The molecule has 7 unspecified atom stereocenters. The molecule has 0 saturated heterocycles. The number of aliphatic hydroxyl groups is 2. The van der Waals surface area contributed by atoms with Crippen LogP contribution in [0.5, 0.6) is 0 Å². The van der Waals surface area contributed by atoms with E-state index >= 15 is 0 Å². The maximum absolute atomic E-state index is 11.2. The topological polar surface area (TPSA) is 49.7 Å². The third-order valence-electron chi connectivity index (χ3n) is 9.58. The zero-order valence-electron chi connectivity index (χ0n) is 22.7. The van der Waals surface area contributed by atoms with Gasteiger partial charge in [0.15, 0.2) is 5.79 Å². The molecule has 0 aromatic rings. The summed E-state index contributed by atoms with van der Waals surface area (Å²) in [7, 11) is 0. The van der Waals surface area contributed by atoms with Gasteiger partial charge in [-0.2, -0.15) is 0 Å². The average Bonchev–Trinajstić information content (AvgIpc) is 3.01. The number of terminal acetylenes is 1. The van der Waals surface area contributed by atoms with Gasteiger partial charge in [0, 0.05) is 0 Å². The Morgan fingerprint density at radius 3 is 1.97 bits per heavy atom. The summed E-state index contributed by atoms with van der Waals surface area (Å²) in [6.07, 6.45) is 19.0. The van der Waals surface area contributed by atoms with Gasteiger partial charge in [0.1, 0.15) is 0 Å². The lowest BCUT2D eigenvalue weighted by Crippen LogP contribution is -2.60. The highest BCUT2D eigenvalue weighted by molar-refractivity contribution is 5.14. The predicted octanol–water partition coefficient (Wildman–Crippen LogP) is 7.20. The molecule has 0 heterocycles. The Morgan fingerprint density at radius 2 is 1.41 bits per heavy atom. The lowest BCUT2D eigenvalue weighted by Gasteiger charge is -2.63.